The number of anilines is 1. The number of carbonyl (C=O) groups excluding carboxylic acids is 1. The SMILES string of the molecule is COc1ccc2c(c1)CC(C(=O)Nc1onc(C)c1-c1ccccc1)CO2. The van der Waals surface area contributed by atoms with Crippen LogP contribution in [0.25, 0.3) is 11.1 Å². The van der Waals surface area contributed by atoms with E-state index in [-0.39, 0.29) is 11.8 Å². The lowest BCUT2D eigenvalue weighted by Crippen LogP contribution is -2.32. The van der Waals surface area contributed by atoms with Gasteiger partial charge in [0.1, 0.15) is 18.1 Å². The molecule has 0 radical (unpaired) electrons. The van der Waals surface area contributed by atoms with Crippen molar-refractivity contribution in [1.29, 1.82) is 0 Å². The van der Waals surface area contributed by atoms with Crippen molar-refractivity contribution in [2.24, 2.45) is 5.92 Å². The summed E-state index contributed by atoms with van der Waals surface area (Å²) in [5.41, 5.74) is 3.42. The van der Waals surface area contributed by atoms with Crippen molar-refractivity contribution in [2.45, 2.75) is 13.3 Å². The molecule has 27 heavy (non-hydrogen) atoms. The summed E-state index contributed by atoms with van der Waals surface area (Å²) in [6.45, 7) is 2.17. The van der Waals surface area contributed by atoms with Gasteiger partial charge in [0.25, 0.3) is 0 Å². The van der Waals surface area contributed by atoms with Crippen LogP contribution >= 0.6 is 0 Å². The summed E-state index contributed by atoms with van der Waals surface area (Å²) in [6.07, 6.45) is 0.576. The number of amides is 1. The number of nitrogens with one attached hydrogen (secondary N) is 1. The van der Waals surface area contributed by atoms with Crippen LogP contribution in [0.5, 0.6) is 11.5 Å². The van der Waals surface area contributed by atoms with Crippen LogP contribution in [-0.4, -0.2) is 24.8 Å². The third-order valence-electron chi connectivity index (χ3n) is 4.71. The normalized spacial score (nSPS) is 15.6. The molecule has 0 bridgehead atoms. The number of fused-ring (bicyclic) bond motifs is 1. The second kappa shape index (κ2) is 7.15. The highest BCUT2D eigenvalue weighted by molar-refractivity contribution is 5.95. The highest BCUT2D eigenvalue weighted by atomic mass is 16.5. The van der Waals surface area contributed by atoms with Gasteiger partial charge in [0.2, 0.25) is 11.8 Å². The molecule has 138 valence electrons. The van der Waals surface area contributed by atoms with Gasteiger partial charge in [-0.25, -0.2) is 0 Å². The van der Waals surface area contributed by atoms with Crippen molar-refractivity contribution in [3.63, 3.8) is 0 Å². The maximum absolute atomic E-state index is 12.8. The minimum atomic E-state index is -0.321. The number of aromatic nitrogens is 1. The molecular weight excluding hydrogens is 344 g/mol. The molecule has 3 aromatic rings. The monoisotopic (exact) mass is 364 g/mol. The Labute approximate surface area is 157 Å². The zero-order valence-electron chi connectivity index (χ0n) is 15.2. The predicted octanol–water partition coefficient (Wildman–Crippen LogP) is 3.85. The fourth-order valence-corrected chi connectivity index (χ4v) is 3.28. The first kappa shape index (κ1) is 17.1. The second-order valence-electron chi connectivity index (χ2n) is 6.51. The van der Waals surface area contributed by atoms with E-state index >= 15 is 0 Å². The van der Waals surface area contributed by atoms with Gasteiger partial charge in [0.05, 0.1) is 24.3 Å². The molecular formula is C21H20N2O4. The van der Waals surface area contributed by atoms with E-state index in [2.05, 4.69) is 10.5 Å². The summed E-state index contributed by atoms with van der Waals surface area (Å²) in [4.78, 5) is 12.8. The molecule has 1 aliphatic rings. The number of ether oxygens (including phenoxy) is 2. The maximum atomic E-state index is 12.8. The Balaban J connectivity index is 1.54. The molecule has 0 saturated heterocycles. The molecule has 1 atom stereocenters. The predicted molar refractivity (Wildman–Crippen MR) is 101 cm³/mol. The van der Waals surface area contributed by atoms with Crippen molar-refractivity contribution in [1.82, 2.24) is 5.16 Å². The molecule has 6 nitrogen and oxygen atoms in total. The Morgan fingerprint density at radius 1 is 1.22 bits per heavy atom. The Bertz CT molecular complexity index is 966. The number of hydrogen-bond acceptors (Lipinski definition) is 5. The molecule has 0 spiro atoms. The van der Waals surface area contributed by atoms with E-state index < -0.39 is 0 Å². The van der Waals surface area contributed by atoms with Gasteiger partial charge in [-0.05, 0) is 42.7 Å². The molecule has 1 amide bonds. The van der Waals surface area contributed by atoms with Crippen LogP contribution in [-0.2, 0) is 11.2 Å². The minimum absolute atomic E-state index is 0.156. The van der Waals surface area contributed by atoms with Crippen molar-refractivity contribution < 1.29 is 18.8 Å². The zero-order chi connectivity index (χ0) is 18.8. The number of aryl methyl sites for hydroxylation is 1. The first-order chi connectivity index (χ1) is 13.2. The number of benzene rings is 2. The highest BCUT2D eigenvalue weighted by Gasteiger charge is 2.28. The van der Waals surface area contributed by atoms with Crippen LogP contribution in [0.4, 0.5) is 5.88 Å². The number of rotatable bonds is 4. The van der Waals surface area contributed by atoms with Gasteiger partial charge < -0.3 is 14.0 Å². The van der Waals surface area contributed by atoms with Gasteiger partial charge in [-0.3, -0.25) is 10.1 Å². The van der Waals surface area contributed by atoms with Gasteiger partial charge in [-0.1, -0.05) is 35.5 Å². The zero-order valence-corrected chi connectivity index (χ0v) is 15.2. The third kappa shape index (κ3) is 3.38. The van der Waals surface area contributed by atoms with Crippen LogP contribution < -0.4 is 14.8 Å². The Morgan fingerprint density at radius 3 is 2.81 bits per heavy atom. The standard InChI is InChI=1S/C21H20N2O4/c1-13-19(14-6-4-3-5-7-14)21(27-23-13)22-20(24)16-10-15-11-17(25-2)8-9-18(15)26-12-16/h3-9,11,16H,10,12H2,1-2H3,(H,22,24). The van der Waals surface area contributed by atoms with E-state index in [1.165, 1.54) is 0 Å². The molecule has 0 saturated carbocycles. The van der Waals surface area contributed by atoms with Gasteiger partial charge in [0, 0.05) is 0 Å². The minimum Gasteiger partial charge on any atom is -0.497 e. The Hall–Kier alpha value is -3.28. The van der Waals surface area contributed by atoms with Crippen molar-refractivity contribution in [3.05, 3.63) is 59.8 Å². The Morgan fingerprint density at radius 2 is 2.04 bits per heavy atom. The highest BCUT2D eigenvalue weighted by Crippen LogP contribution is 2.34. The fraction of sp³-hybridized carbons (Fsp3) is 0.238. The molecule has 0 aliphatic carbocycles. The smallest absolute Gasteiger partial charge is 0.239 e. The Kier molecular flexibility index (Phi) is 4.54. The van der Waals surface area contributed by atoms with Crippen molar-refractivity contribution in [3.8, 4) is 22.6 Å². The average Bonchev–Trinajstić information content (AvgIpc) is 3.07. The van der Waals surface area contributed by atoms with Crippen LogP contribution in [0.2, 0.25) is 0 Å². The van der Waals surface area contributed by atoms with Gasteiger partial charge in [-0.15, -0.1) is 0 Å². The number of carbonyl (C=O) groups is 1. The molecule has 0 fully saturated rings. The lowest BCUT2D eigenvalue weighted by molar-refractivity contribution is -0.121. The van der Waals surface area contributed by atoms with Gasteiger partial charge in [0.15, 0.2) is 0 Å². The van der Waals surface area contributed by atoms with E-state index in [1.807, 2.05) is 55.5 Å². The molecule has 6 heteroatoms. The summed E-state index contributed by atoms with van der Waals surface area (Å²) in [7, 11) is 1.62. The largest absolute Gasteiger partial charge is 0.497 e. The summed E-state index contributed by atoms with van der Waals surface area (Å²) in [5.74, 6) is 1.42. The average molecular weight is 364 g/mol. The lowest BCUT2D eigenvalue weighted by Gasteiger charge is -2.24. The van der Waals surface area contributed by atoms with E-state index in [4.69, 9.17) is 14.0 Å². The van der Waals surface area contributed by atoms with Crippen LogP contribution in [0.1, 0.15) is 11.3 Å². The van der Waals surface area contributed by atoms with Crippen LogP contribution in [0, 0.1) is 12.8 Å². The fourth-order valence-electron chi connectivity index (χ4n) is 3.28. The topological polar surface area (TPSA) is 73.6 Å². The third-order valence-corrected chi connectivity index (χ3v) is 4.71. The van der Waals surface area contributed by atoms with E-state index in [0.717, 1.165) is 33.9 Å². The summed E-state index contributed by atoms with van der Waals surface area (Å²) in [5, 5.41) is 6.89. The molecule has 1 N–H and O–H groups in total. The molecule has 1 unspecified atom stereocenters. The van der Waals surface area contributed by atoms with E-state index in [0.29, 0.717) is 18.9 Å². The molecule has 1 aromatic heterocycles. The molecule has 1 aliphatic heterocycles. The summed E-state index contributed by atoms with van der Waals surface area (Å²) in [6, 6.07) is 15.4. The van der Waals surface area contributed by atoms with Crippen LogP contribution in [0.15, 0.2) is 53.1 Å². The van der Waals surface area contributed by atoms with E-state index in [9.17, 15) is 4.79 Å². The second-order valence-corrected chi connectivity index (χ2v) is 6.51. The molecule has 4 rings (SSSR count). The first-order valence-electron chi connectivity index (χ1n) is 8.78. The summed E-state index contributed by atoms with van der Waals surface area (Å²) < 4.78 is 16.4. The van der Waals surface area contributed by atoms with Crippen LogP contribution in [0.3, 0.4) is 0 Å². The van der Waals surface area contributed by atoms with Gasteiger partial charge >= 0.3 is 0 Å². The maximum Gasteiger partial charge on any atom is 0.239 e. The molecule has 2 aromatic carbocycles. The lowest BCUT2D eigenvalue weighted by atomic mass is 9.95. The first-order valence-corrected chi connectivity index (χ1v) is 8.78. The number of methoxy groups -OCH3 is 1. The van der Waals surface area contributed by atoms with Crippen molar-refractivity contribution >= 4 is 11.8 Å². The number of nitrogens with zero attached hydrogens (tertiary/aromatic N) is 1. The van der Waals surface area contributed by atoms with Crippen molar-refractivity contribution in [2.75, 3.05) is 19.0 Å². The number of hydrogen-bond donors (Lipinski definition) is 1. The van der Waals surface area contributed by atoms with Gasteiger partial charge in [-0.2, -0.15) is 0 Å². The summed E-state index contributed by atoms with van der Waals surface area (Å²) >= 11 is 0. The van der Waals surface area contributed by atoms with E-state index in [1.54, 1.807) is 7.11 Å². The molecule has 2 heterocycles. The quantitative estimate of drug-likeness (QED) is 0.761.